The number of ether oxygens (including phenoxy) is 3. The number of cyclic esters (lactones) is 1. The number of fused-ring (bicyclic) bond motifs is 2. The molecule has 3 aliphatic rings. The van der Waals surface area contributed by atoms with Gasteiger partial charge in [0.05, 0.1) is 45.0 Å². The van der Waals surface area contributed by atoms with Crippen LogP contribution in [0, 0.1) is 5.92 Å². The minimum atomic E-state index is -3.53. The summed E-state index contributed by atoms with van der Waals surface area (Å²) in [7, 11) is -1.99. The summed E-state index contributed by atoms with van der Waals surface area (Å²) >= 11 is 0. The van der Waals surface area contributed by atoms with E-state index in [1.54, 1.807) is 47.0 Å². The Hall–Kier alpha value is -4.26. The molecule has 1 spiro atoms. The van der Waals surface area contributed by atoms with Gasteiger partial charge in [-0.1, -0.05) is 49.4 Å². The van der Waals surface area contributed by atoms with Gasteiger partial charge in [0.1, 0.15) is 12.4 Å². The molecule has 6 rings (SSSR count). The summed E-state index contributed by atoms with van der Waals surface area (Å²) in [6.45, 7) is 6.15. The van der Waals surface area contributed by atoms with E-state index in [0.717, 1.165) is 11.1 Å². The fourth-order valence-corrected chi connectivity index (χ4v) is 10.2. The lowest BCUT2D eigenvalue weighted by molar-refractivity contribution is -0.150. The molecule has 0 aliphatic carbocycles. The Bertz CT molecular complexity index is 1690. The highest BCUT2D eigenvalue weighted by molar-refractivity contribution is 6.72. The number of rotatable bonds is 11. The van der Waals surface area contributed by atoms with Gasteiger partial charge >= 0.3 is 6.09 Å². The van der Waals surface area contributed by atoms with E-state index in [1.807, 2.05) is 67.6 Å². The number of nitrogens with zero attached hydrogens (tertiary/aromatic N) is 3. The van der Waals surface area contributed by atoms with Gasteiger partial charge in [-0.25, -0.2) is 4.79 Å². The van der Waals surface area contributed by atoms with Crippen LogP contribution in [0.25, 0.3) is 0 Å². The Kier molecular flexibility index (Phi) is 9.34. The molecule has 254 valence electrons. The maximum Gasteiger partial charge on any atom is 0.414 e. The summed E-state index contributed by atoms with van der Waals surface area (Å²) in [5.41, 5.74) is 1.33. The van der Waals surface area contributed by atoms with Crippen LogP contribution in [0.4, 0.5) is 20.3 Å². The van der Waals surface area contributed by atoms with Crippen molar-refractivity contribution in [3.63, 3.8) is 0 Å². The first kappa shape index (κ1) is 33.6. The molecule has 3 aromatic rings. The molecule has 2 fully saturated rings. The van der Waals surface area contributed by atoms with Gasteiger partial charge in [-0.3, -0.25) is 14.5 Å². The molecule has 0 unspecified atom stereocenters. The molecule has 10 nitrogen and oxygen atoms in total. The number of carbonyl (C=O) groups excluding carboxylic acids is 3. The van der Waals surface area contributed by atoms with Gasteiger partial charge in [-0.05, 0) is 54.6 Å². The largest absolute Gasteiger partial charge is 0.497 e. The second-order valence-corrected chi connectivity index (χ2v) is 17.0. The zero-order valence-electron chi connectivity index (χ0n) is 27.7. The predicted octanol–water partition coefficient (Wildman–Crippen LogP) is 5.38. The number of halogens is 1. The average Bonchev–Trinajstić information content (AvgIpc) is 3.70. The topological polar surface area (TPSA) is 109 Å². The minimum absolute atomic E-state index is 0.114. The van der Waals surface area contributed by atoms with Crippen LogP contribution in [-0.2, 0) is 37.8 Å². The van der Waals surface area contributed by atoms with E-state index in [1.165, 1.54) is 0 Å². The van der Waals surface area contributed by atoms with Crippen molar-refractivity contribution in [3.05, 3.63) is 89.5 Å². The maximum atomic E-state index is 16.4. The summed E-state index contributed by atoms with van der Waals surface area (Å²) in [4.78, 5) is 45.7. The Morgan fingerprint density at radius 1 is 1.08 bits per heavy atom. The lowest BCUT2D eigenvalue weighted by atomic mass is 9.82. The predicted molar refractivity (Wildman–Crippen MR) is 181 cm³/mol. The number of anilines is 2. The third-order valence-corrected chi connectivity index (χ3v) is 12.3. The van der Waals surface area contributed by atoms with Crippen LogP contribution in [0.1, 0.15) is 30.0 Å². The highest BCUT2D eigenvalue weighted by atomic mass is 28.4. The standard InChI is InChI=1S/C36H42FN3O7Si/c1-24-33(48(3,4)37)31(21-32(42)38(15-17-41)22-25-9-6-5-7-10-25)47-36(24)29-20-28(45-2)13-14-30(29)40(34(36)43)23-26-11-8-12-27(19-26)39-16-18-46-35(39)44/h5-14,19-20,24,31,33,41H,15-18,21-23H2,1-4H3/t24-,31+,33-,36+/m0/s1. The quantitative estimate of drug-likeness (QED) is 0.215. The molecule has 12 heteroatoms. The van der Waals surface area contributed by atoms with Gasteiger partial charge in [-0.2, -0.15) is 0 Å². The van der Waals surface area contributed by atoms with E-state index in [0.29, 0.717) is 35.8 Å². The van der Waals surface area contributed by atoms with Crippen molar-refractivity contribution in [1.82, 2.24) is 4.90 Å². The van der Waals surface area contributed by atoms with Crippen molar-refractivity contribution in [2.45, 2.75) is 56.8 Å². The van der Waals surface area contributed by atoms with Crippen molar-refractivity contribution >= 4 is 37.7 Å². The molecule has 0 radical (unpaired) electrons. The van der Waals surface area contributed by atoms with Crippen LogP contribution in [0.2, 0.25) is 18.6 Å². The van der Waals surface area contributed by atoms with Crippen LogP contribution in [0.15, 0.2) is 72.8 Å². The number of hydrogen-bond donors (Lipinski definition) is 1. The van der Waals surface area contributed by atoms with E-state index in [9.17, 15) is 19.5 Å². The maximum absolute atomic E-state index is 16.4. The number of methoxy groups -OCH3 is 1. The first-order chi connectivity index (χ1) is 23.0. The summed E-state index contributed by atoms with van der Waals surface area (Å²) in [6, 6.07) is 22.2. The lowest BCUT2D eigenvalue weighted by Crippen LogP contribution is -2.45. The molecular formula is C36H42FN3O7Si. The molecule has 4 atom stereocenters. The third-order valence-electron chi connectivity index (χ3n) is 9.81. The number of aliphatic hydroxyl groups is 1. The van der Waals surface area contributed by atoms with Crippen molar-refractivity contribution in [2.24, 2.45) is 5.92 Å². The van der Waals surface area contributed by atoms with Crippen LogP contribution in [0.3, 0.4) is 0 Å². The minimum Gasteiger partial charge on any atom is -0.497 e. The normalized spacial score (nSPS) is 23.5. The van der Waals surface area contributed by atoms with E-state index in [-0.39, 0.29) is 44.5 Å². The summed E-state index contributed by atoms with van der Waals surface area (Å²) in [6.07, 6.45) is -1.42. The number of amides is 3. The second kappa shape index (κ2) is 13.3. The number of aliphatic hydroxyl groups excluding tert-OH is 1. The van der Waals surface area contributed by atoms with Crippen LogP contribution in [-0.4, -0.2) is 75.8 Å². The summed E-state index contributed by atoms with van der Waals surface area (Å²) in [5.74, 6) is -0.691. The molecule has 1 N–H and O–H groups in total. The monoisotopic (exact) mass is 675 g/mol. The number of benzene rings is 3. The summed E-state index contributed by atoms with van der Waals surface area (Å²) in [5, 5.41) is 9.78. The molecule has 0 aromatic heterocycles. The fourth-order valence-electron chi connectivity index (χ4n) is 7.66. The highest BCUT2D eigenvalue weighted by Gasteiger charge is 2.67. The lowest BCUT2D eigenvalue weighted by Gasteiger charge is -2.31. The summed E-state index contributed by atoms with van der Waals surface area (Å²) < 4.78 is 33.9. The third kappa shape index (κ3) is 6.08. The molecule has 3 aliphatic heterocycles. The smallest absolute Gasteiger partial charge is 0.414 e. The Morgan fingerprint density at radius 3 is 2.50 bits per heavy atom. The van der Waals surface area contributed by atoms with Crippen LogP contribution < -0.4 is 14.5 Å². The van der Waals surface area contributed by atoms with Gasteiger partial charge < -0.3 is 33.2 Å². The Morgan fingerprint density at radius 2 is 1.83 bits per heavy atom. The number of hydrogen-bond acceptors (Lipinski definition) is 7. The van der Waals surface area contributed by atoms with Crippen LogP contribution in [0.5, 0.6) is 5.75 Å². The fraction of sp³-hybridized carbons (Fsp3) is 0.417. The van der Waals surface area contributed by atoms with E-state index in [2.05, 4.69) is 0 Å². The van der Waals surface area contributed by atoms with Crippen molar-refractivity contribution in [2.75, 3.05) is 43.2 Å². The Balaban J connectivity index is 1.35. The van der Waals surface area contributed by atoms with Gasteiger partial charge in [0, 0.05) is 35.8 Å². The molecular weight excluding hydrogens is 633 g/mol. The molecule has 2 saturated heterocycles. The molecule has 3 amide bonds. The molecule has 3 aromatic carbocycles. The van der Waals surface area contributed by atoms with Gasteiger partial charge in [-0.15, -0.1) is 0 Å². The first-order valence-electron chi connectivity index (χ1n) is 16.3. The van der Waals surface area contributed by atoms with Crippen molar-refractivity contribution < 1.29 is 37.8 Å². The van der Waals surface area contributed by atoms with Gasteiger partial charge in [0.25, 0.3) is 5.91 Å². The second-order valence-electron chi connectivity index (χ2n) is 13.2. The highest BCUT2D eigenvalue weighted by Crippen LogP contribution is 2.60. The van der Waals surface area contributed by atoms with Gasteiger partial charge in [0.2, 0.25) is 14.3 Å². The number of carbonyl (C=O) groups is 3. The zero-order valence-corrected chi connectivity index (χ0v) is 28.7. The van der Waals surface area contributed by atoms with Crippen molar-refractivity contribution in [3.8, 4) is 5.75 Å². The van der Waals surface area contributed by atoms with E-state index in [4.69, 9.17) is 14.2 Å². The first-order valence-corrected chi connectivity index (χ1v) is 19.3. The van der Waals surface area contributed by atoms with E-state index >= 15 is 4.11 Å². The van der Waals surface area contributed by atoms with Crippen LogP contribution >= 0.6 is 0 Å². The molecule has 3 heterocycles. The zero-order chi connectivity index (χ0) is 34.2. The molecule has 0 saturated carbocycles. The Labute approximate surface area is 281 Å². The average molecular weight is 676 g/mol. The van der Waals surface area contributed by atoms with Gasteiger partial charge in [0.15, 0.2) is 5.60 Å². The van der Waals surface area contributed by atoms with E-state index < -0.39 is 37.7 Å². The van der Waals surface area contributed by atoms with Crippen molar-refractivity contribution in [1.29, 1.82) is 0 Å². The molecule has 48 heavy (non-hydrogen) atoms. The SMILES string of the molecule is COc1ccc2c(c1)[C@@]1(O[C@H](CC(=O)N(CCO)Cc3ccccc3)[C@@H]([Si](C)(C)F)[C@@H]1C)C(=O)N2Cc1cccc(N2CCOC2=O)c1. The molecule has 0 bridgehead atoms.